The van der Waals surface area contributed by atoms with Crippen molar-refractivity contribution in [3.05, 3.63) is 28.8 Å². The number of halogens is 1. The first-order chi connectivity index (χ1) is 10.3. The predicted octanol–water partition coefficient (Wildman–Crippen LogP) is 3.49. The van der Waals surface area contributed by atoms with Gasteiger partial charge in [-0.25, -0.2) is 0 Å². The van der Waals surface area contributed by atoms with Gasteiger partial charge in [0.1, 0.15) is 5.75 Å². The second kappa shape index (κ2) is 6.88. The van der Waals surface area contributed by atoms with Crippen molar-refractivity contribution in [3.63, 3.8) is 0 Å². The Morgan fingerprint density at radius 3 is 2.86 bits per heavy atom. The number of hydrogen-bond donors (Lipinski definition) is 1. The van der Waals surface area contributed by atoms with Gasteiger partial charge in [0, 0.05) is 6.61 Å². The number of carbonyl (C=O) groups is 1. The van der Waals surface area contributed by atoms with Gasteiger partial charge in [-0.1, -0.05) is 17.7 Å². The van der Waals surface area contributed by atoms with Crippen molar-refractivity contribution >= 4 is 17.5 Å². The van der Waals surface area contributed by atoms with E-state index in [0.29, 0.717) is 10.8 Å². The van der Waals surface area contributed by atoms with E-state index in [1.807, 2.05) is 26.0 Å². The minimum Gasteiger partial charge on any atom is -0.476 e. The summed E-state index contributed by atoms with van der Waals surface area (Å²) in [6, 6.07) is 5.48. The van der Waals surface area contributed by atoms with Gasteiger partial charge in [0.05, 0.1) is 17.2 Å². The lowest BCUT2D eigenvalue weighted by Gasteiger charge is -2.29. The van der Waals surface area contributed by atoms with E-state index >= 15 is 0 Å². The highest BCUT2D eigenvalue weighted by Crippen LogP contribution is 2.29. The minimum absolute atomic E-state index is 0.0362. The Kier molecular flexibility index (Phi) is 5.35. The lowest BCUT2D eigenvalue weighted by atomic mass is 10.1. The molecule has 0 saturated carbocycles. The molecule has 2 atom stereocenters. The maximum atomic E-state index is 12.5. The number of ether oxygens (including phenoxy) is 2. The topological polar surface area (TPSA) is 47.6 Å². The summed E-state index contributed by atoms with van der Waals surface area (Å²) in [4.78, 5) is 12.5. The Labute approximate surface area is 137 Å². The average Bonchev–Trinajstić information content (AvgIpc) is 2.96. The van der Waals surface area contributed by atoms with Crippen molar-refractivity contribution < 1.29 is 14.3 Å². The Morgan fingerprint density at radius 2 is 2.23 bits per heavy atom. The fourth-order valence-electron chi connectivity index (χ4n) is 2.48. The van der Waals surface area contributed by atoms with Crippen LogP contribution in [-0.2, 0) is 9.53 Å². The Hall–Kier alpha value is -1.26. The van der Waals surface area contributed by atoms with Crippen molar-refractivity contribution in [2.45, 2.75) is 58.3 Å². The summed E-state index contributed by atoms with van der Waals surface area (Å²) >= 11 is 6.14. The molecule has 1 fully saturated rings. The second-order valence-corrected chi connectivity index (χ2v) is 6.77. The van der Waals surface area contributed by atoms with E-state index in [1.165, 1.54) is 0 Å². The molecule has 0 aliphatic carbocycles. The van der Waals surface area contributed by atoms with Crippen molar-refractivity contribution in [1.82, 2.24) is 5.32 Å². The first kappa shape index (κ1) is 17.1. The molecule has 1 aromatic rings. The molecule has 2 rings (SSSR count). The fourth-order valence-corrected chi connectivity index (χ4v) is 2.64. The van der Waals surface area contributed by atoms with Crippen LogP contribution in [0.1, 0.15) is 39.2 Å². The average molecular weight is 326 g/mol. The van der Waals surface area contributed by atoms with E-state index in [4.69, 9.17) is 21.1 Å². The van der Waals surface area contributed by atoms with Crippen LogP contribution in [-0.4, -0.2) is 30.3 Å². The second-order valence-electron chi connectivity index (χ2n) is 6.36. The molecule has 22 heavy (non-hydrogen) atoms. The van der Waals surface area contributed by atoms with Crippen LogP contribution in [0.4, 0.5) is 0 Å². The highest BCUT2D eigenvalue weighted by Gasteiger charge is 2.33. The molecule has 5 heteroatoms. The number of carbonyl (C=O) groups excluding carboxylic acids is 1. The summed E-state index contributed by atoms with van der Waals surface area (Å²) in [7, 11) is 0. The molecule has 4 nitrogen and oxygen atoms in total. The molecule has 1 amide bonds. The number of amides is 1. The summed E-state index contributed by atoms with van der Waals surface area (Å²) < 4.78 is 11.5. The maximum absolute atomic E-state index is 12.5. The number of rotatable bonds is 5. The minimum atomic E-state index is -1.01. The maximum Gasteiger partial charge on any atom is 0.263 e. The van der Waals surface area contributed by atoms with Crippen LogP contribution in [0.3, 0.4) is 0 Å². The van der Waals surface area contributed by atoms with Crippen LogP contribution in [0.15, 0.2) is 18.2 Å². The SMILES string of the molecule is Cc1ccc(Cl)c(OC(C)(C)C(=O)N[C@@H](C)[C@@H]2CCCO2)c1. The highest BCUT2D eigenvalue weighted by molar-refractivity contribution is 6.32. The van der Waals surface area contributed by atoms with Crippen LogP contribution in [0.25, 0.3) is 0 Å². The van der Waals surface area contributed by atoms with Gasteiger partial charge in [0.15, 0.2) is 5.60 Å². The van der Waals surface area contributed by atoms with Gasteiger partial charge < -0.3 is 14.8 Å². The van der Waals surface area contributed by atoms with E-state index < -0.39 is 5.60 Å². The summed E-state index contributed by atoms with van der Waals surface area (Å²) in [5, 5.41) is 3.48. The lowest BCUT2D eigenvalue weighted by Crippen LogP contribution is -2.52. The zero-order valence-electron chi connectivity index (χ0n) is 13.6. The third kappa shape index (κ3) is 4.14. The van der Waals surface area contributed by atoms with Gasteiger partial charge in [-0.05, 0) is 58.2 Å². The van der Waals surface area contributed by atoms with Gasteiger partial charge in [-0.3, -0.25) is 4.79 Å². The Balaban J connectivity index is 2.02. The molecule has 0 radical (unpaired) electrons. The Morgan fingerprint density at radius 1 is 1.50 bits per heavy atom. The lowest BCUT2D eigenvalue weighted by molar-refractivity contribution is -0.135. The van der Waals surface area contributed by atoms with E-state index in [-0.39, 0.29) is 18.1 Å². The normalized spacial score (nSPS) is 19.8. The molecular weight excluding hydrogens is 302 g/mol. The third-order valence-corrected chi connectivity index (χ3v) is 4.19. The van der Waals surface area contributed by atoms with E-state index in [9.17, 15) is 4.79 Å². The van der Waals surface area contributed by atoms with Crippen molar-refractivity contribution in [3.8, 4) is 5.75 Å². The molecular formula is C17H24ClNO3. The molecule has 0 unspecified atom stereocenters. The van der Waals surface area contributed by atoms with Gasteiger partial charge in [0.2, 0.25) is 0 Å². The van der Waals surface area contributed by atoms with Gasteiger partial charge in [-0.15, -0.1) is 0 Å². The summed E-state index contributed by atoms with van der Waals surface area (Å²) in [5.41, 5.74) is 0.0212. The molecule has 1 N–H and O–H groups in total. The molecule has 1 aliphatic heterocycles. The molecule has 0 aromatic heterocycles. The molecule has 122 valence electrons. The van der Waals surface area contributed by atoms with Crippen LogP contribution in [0.2, 0.25) is 5.02 Å². The number of nitrogens with one attached hydrogen (secondary N) is 1. The van der Waals surface area contributed by atoms with Crippen LogP contribution in [0, 0.1) is 6.92 Å². The Bertz CT molecular complexity index is 539. The molecule has 1 aromatic carbocycles. The number of hydrogen-bond acceptors (Lipinski definition) is 3. The summed E-state index contributed by atoms with van der Waals surface area (Å²) in [6.45, 7) is 8.16. The molecule has 1 saturated heterocycles. The quantitative estimate of drug-likeness (QED) is 0.901. The zero-order valence-corrected chi connectivity index (χ0v) is 14.4. The van der Waals surface area contributed by atoms with Gasteiger partial charge in [0.25, 0.3) is 5.91 Å². The first-order valence-electron chi connectivity index (χ1n) is 7.67. The van der Waals surface area contributed by atoms with Crippen molar-refractivity contribution in [2.24, 2.45) is 0 Å². The number of aryl methyl sites for hydroxylation is 1. The van der Waals surface area contributed by atoms with E-state index in [0.717, 1.165) is 25.0 Å². The molecule has 1 heterocycles. The fraction of sp³-hybridized carbons (Fsp3) is 0.588. The standard InChI is InChI=1S/C17H24ClNO3/c1-11-7-8-13(18)15(10-11)22-17(3,4)16(20)19-12(2)14-6-5-9-21-14/h7-8,10,12,14H,5-6,9H2,1-4H3,(H,19,20)/t12-,14-/m0/s1. The van der Waals surface area contributed by atoms with E-state index in [1.54, 1.807) is 19.9 Å². The summed E-state index contributed by atoms with van der Waals surface area (Å²) in [6.07, 6.45) is 2.11. The van der Waals surface area contributed by atoms with Crippen LogP contribution < -0.4 is 10.1 Å². The largest absolute Gasteiger partial charge is 0.476 e. The third-order valence-electron chi connectivity index (χ3n) is 3.88. The van der Waals surface area contributed by atoms with E-state index in [2.05, 4.69) is 5.32 Å². The van der Waals surface area contributed by atoms with Crippen LogP contribution >= 0.6 is 11.6 Å². The monoisotopic (exact) mass is 325 g/mol. The summed E-state index contributed by atoms with van der Waals surface area (Å²) in [5.74, 6) is 0.347. The highest BCUT2D eigenvalue weighted by atomic mass is 35.5. The van der Waals surface area contributed by atoms with Crippen molar-refractivity contribution in [1.29, 1.82) is 0 Å². The molecule has 0 spiro atoms. The smallest absolute Gasteiger partial charge is 0.263 e. The van der Waals surface area contributed by atoms with Crippen LogP contribution in [0.5, 0.6) is 5.75 Å². The molecule has 0 bridgehead atoms. The number of benzene rings is 1. The zero-order chi connectivity index (χ0) is 16.3. The first-order valence-corrected chi connectivity index (χ1v) is 8.05. The molecule has 1 aliphatic rings. The van der Waals surface area contributed by atoms with Gasteiger partial charge >= 0.3 is 0 Å². The predicted molar refractivity (Wildman–Crippen MR) is 87.5 cm³/mol. The van der Waals surface area contributed by atoms with Gasteiger partial charge in [-0.2, -0.15) is 0 Å². The van der Waals surface area contributed by atoms with Crippen molar-refractivity contribution in [2.75, 3.05) is 6.61 Å².